The van der Waals surface area contributed by atoms with E-state index in [9.17, 15) is 0 Å². The van der Waals surface area contributed by atoms with Gasteiger partial charge in [0.1, 0.15) is 0 Å². The van der Waals surface area contributed by atoms with E-state index in [1.165, 1.54) is 22.5 Å². The fourth-order valence-electron chi connectivity index (χ4n) is 2.32. The number of hydrogen-bond donors (Lipinski definition) is 1. The molecule has 1 fully saturated rings. The van der Waals surface area contributed by atoms with Gasteiger partial charge in [-0.3, -0.25) is 4.90 Å². The third-order valence-corrected chi connectivity index (χ3v) is 5.03. The minimum Gasteiger partial charge on any atom is -0.379 e. The Labute approximate surface area is 139 Å². The van der Waals surface area contributed by atoms with Crippen LogP contribution in [0.1, 0.15) is 11.1 Å². The summed E-state index contributed by atoms with van der Waals surface area (Å²) >= 11 is 6.93. The van der Waals surface area contributed by atoms with Gasteiger partial charge in [-0.15, -0.1) is 5.10 Å². The molecular weight excluding hydrogens is 316 g/mol. The molecule has 2 aromatic rings. The summed E-state index contributed by atoms with van der Waals surface area (Å²) in [6, 6.07) is 6.31. The molecule has 5 nitrogen and oxygen atoms in total. The molecule has 1 aromatic carbocycles. The van der Waals surface area contributed by atoms with E-state index in [-0.39, 0.29) is 0 Å². The topological polar surface area (TPSA) is 42.3 Å². The first-order chi connectivity index (χ1) is 10.6. The zero-order valence-corrected chi connectivity index (χ0v) is 14.5. The number of benzene rings is 1. The summed E-state index contributed by atoms with van der Waals surface area (Å²) in [5, 5.41) is 8.77. The molecular formula is C15H20N4OS2. The van der Waals surface area contributed by atoms with Gasteiger partial charge in [0.15, 0.2) is 3.95 Å². The predicted molar refractivity (Wildman–Crippen MR) is 92.5 cm³/mol. The van der Waals surface area contributed by atoms with Crippen LogP contribution in [0.4, 0.5) is 10.8 Å². The van der Waals surface area contributed by atoms with Crippen molar-refractivity contribution in [3.05, 3.63) is 33.3 Å². The lowest BCUT2D eigenvalue weighted by atomic mass is 10.1. The molecule has 0 saturated carbocycles. The number of nitrogens with zero attached hydrogens (tertiary/aromatic N) is 3. The van der Waals surface area contributed by atoms with E-state index < -0.39 is 0 Å². The molecule has 1 N–H and O–H groups in total. The number of ether oxygens (including phenoxy) is 1. The maximum atomic E-state index is 5.43. The second kappa shape index (κ2) is 6.87. The summed E-state index contributed by atoms with van der Waals surface area (Å²) < 4.78 is 8.04. The number of aromatic nitrogens is 2. The smallest absolute Gasteiger partial charge is 0.209 e. The van der Waals surface area contributed by atoms with Gasteiger partial charge >= 0.3 is 0 Å². The maximum Gasteiger partial charge on any atom is 0.209 e. The van der Waals surface area contributed by atoms with Gasteiger partial charge in [-0.25, -0.2) is 4.68 Å². The number of hydrogen-bond acceptors (Lipinski definition) is 6. The molecule has 0 unspecified atom stereocenters. The van der Waals surface area contributed by atoms with Gasteiger partial charge in [0.05, 0.1) is 19.9 Å². The first-order valence-electron chi connectivity index (χ1n) is 7.34. The van der Waals surface area contributed by atoms with Crippen LogP contribution < -0.4 is 5.32 Å². The van der Waals surface area contributed by atoms with E-state index in [0.717, 1.165) is 47.7 Å². The summed E-state index contributed by atoms with van der Waals surface area (Å²) in [6.07, 6.45) is 0. The molecule has 3 rings (SSSR count). The molecule has 1 aliphatic heterocycles. The average Bonchev–Trinajstić information content (AvgIpc) is 2.84. The fourth-order valence-corrected chi connectivity index (χ4v) is 3.33. The van der Waals surface area contributed by atoms with E-state index >= 15 is 0 Å². The van der Waals surface area contributed by atoms with Gasteiger partial charge in [0.2, 0.25) is 5.13 Å². The summed E-state index contributed by atoms with van der Waals surface area (Å²) in [5.74, 6) is 0. The Balaban J connectivity index is 1.71. The van der Waals surface area contributed by atoms with Crippen molar-refractivity contribution in [3.63, 3.8) is 0 Å². The highest BCUT2D eigenvalue weighted by Crippen LogP contribution is 2.22. The molecule has 1 aromatic heterocycles. The molecule has 0 atom stereocenters. The lowest BCUT2D eigenvalue weighted by Crippen LogP contribution is -2.37. The van der Waals surface area contributed by atoms with Crippen molar-refractivity contribution in [2.24, 2.45) is 0 Å². The van der Waals surface area contributed by atoms with Gasteiger partial charge < -0.3 is 10.1 Å². The fraction of sp³-hybridized carbons (Fsp3) is 0.467. The molecule has 0 aliphatic carbocycles. The highest BCUT2D eigenvalue weighted by molar-refractivity contribution is 7.73. The number of morpholine rings is 1. The first-order valence-corrected chi connectivity index (χ1v) is 8.56. The van der Waals surface area contributed by atoms with Crippen LogP contribution in [-0.2, 0) is 11.4 Å². The van der Waals surface area contributed by atoms with Crippen LogP contribution >= 0.6 is 23.6 Å². The molecule has 0 bridgehead atoms. The minimum atomic E-state index is 0.729. The van der Waals surface area contributed by atoms with Crippen molar-refractivity contribution >= 4 is 34.4 Å². The summed E-state index contributed by atoms with van der Waals surface area (Å²) in [4.78, 5) is 2.30. The Bertz CT molecular complexity index is 704. The van der Waals surface area contributed by atoms with Crippen molar-refractivity contribution < 1.29 is 4.74 Å². The van der Waals surface area contributed by atoms with Crippen molar-refractivity contribution in [3.8, 4) is 0 Å². The van der Waals surface area contributed by atoms with Crippen LogP contribution in [0.25, 0.3) is 0 Å². The number of rotatable bonds is 4. The van der Waals surface area contributed by atoms with Crippen LogP contribution in [0.3, 0.4) is 0 Å². The van der Waals surface area contributed by atoms with E-state index in [1.54, 1.807) is 0 Å². The molecule has 2 heterocycles. The second-order valence-electron chi connectivity index (χ2n) is 5.47. The standard InChI is InChI=1S/C15H20N4OS2/c1-11-3-4-13(9-12(11)2)16-14-17-19(15(21)22-14)10-18-5-7-20-8-6-18/h3-4,9H,5-8,10H2,1-2H3,(H,16,17). The quantitative estimate of drug-likeness (QED) is 0.868. The monoisotopic (exact) mass is 336 g/mol. The Kier molecular flexibility index (Phi) is 4.87. The molecule has 7 heteroatoms. The average molecular weight is 336 g/mol. The highest BCUT2D eigenvalue weighted by atomic mass is 32.1. The van der Waals surface area contributed by atoms with E-state index in [1.807, 2.05) is 4.68 Å². The summed E-state index contributed by atoms with van der Waals surface area (Å²) in [5.41, 5.74) is 3.60. The number of anilines is 2. The molecule has 0 spiro atoms. The molecule has 118 valence electrons. The van der Waals surface area contributed by atoms with E-state index in [4.69, 9.17) is 17.0 Å². The van der Waals surface area contributed by atoms with Gasteiger partial charge in [0, 0.05) is 18.8 Å². The normalized spacial score (nSPS) is 15.9. The SMILES string of the molecule is Cc1ccc(Nc2nn(CN3CCOCC3)c(=S)s2)cc1C. The van der Waals surface area contributed by atoms with Gasteiger partial charge in [-0.05, 0) is 49.3 Å². The Morgan fingerprint density at radius 1 is 1.27 bits per heavy atom. The van der Waals surface area contributed by atoms with Crippen LogP contribution in [0.2, 0.25) is 0 Å². The molecule has 22 heavy (non-hydrogen) atoms. The predicted octanol–water partition coefficient (Wildman–Crippen LogP) is 3.32. The zero-order chi connectivity index (χ0) is 15.5. The Hall–Kier alpha value is -1.28. The molecule has 1 aliphatic rings. The third-order valence-electron chi connectivity index (χ3n) is 3.80. The number of nitrogens with one attached hydrogen (secondary N) is 1. The second-order valence-corrected chi connectivity index (χ2v) is 7.09. The van der Waals surface area contributed by atoms with Crippen molar-refractivity contribution in [1.29, 1.82) is 0 Å². The molecule has 1 saturated heterocycles. The maximum absolute atomic E-state index is 5.43. The van der Waals surface area contributed by atoms with Crippen molar-refractivity contribution in [2.75, 3.05) is 31.6 Å². The Morgan fingerprint density at radius 3 is 2.77 bits per heavy atom. The van der Waals surface area contributed by atoms with E-state index in [2.05, 4.69) is 47.4 Å². The van der Waals surface area contributed by atoms with Crippen LogP contribution in [0.5, 0.6) is 0 Å². The molecule has 0 radical (unpaired) electrons. The van der Waals surface area contributed by atoms with Crippen LogP contribution in [-0.4, -0.2) is 41.0 Å². The third kappa shape index (κ3) is 3.73. The zero-order valence-electron chi connectivity index (χ0n) is 12.8. The lowest BCUT2D eigenvalue weighted by molar-refractivity contribution is 0.0212. The van der Waals surface area contributed by atoms with Gasteiger partial charge in [-0.2, -0.15) is 0 Å². The first kappa shape index (κ1) is 15.6. The Morgan fingerprint density at radius 2 is 2.05 bits per heavy atom. The van der Waals surface area contributed by atoms with Crippen LogP contribution in [0.15, 0.2) is 18.2 Å². The van der Waals surface area contributed by atoms with Crippen molar-refractivity contribution in [2.45, 2.75) is 20.5 Å². The van der Waals surface area contributed by atoms with Gasteiger partial charge in [0.25, 0.3) is 0 Å². The van der Waals surface area contributed by atoms with Gasteiger partial charge in [-0.1, -0.05) is 17.4 Å². The summed E-state index contributed by atoms with van der Waals surface area (Å²) in [6.45, 7) is 8.38. The number of aryl methyl sites for hydroxylation is 2. The molecule has 0 amide bonds. The van der Waals surface area contributed by atoms with Crippen molar-refractivity contribution in [1.82, 2.24) is 14.7 Å². The minimum absolute atomic E-state index is 0.729. The van der Waals surface area contributed by atoms with E-state index in [0.29, 0.717) is 0 Å². The lowest BCUT2D eigenvalue weighted by Gasteiger charge is -2.26. The van der Waals surface area contributed by atoms with Crippen LogP contribution in [0, 0.1) is 17.8 Å². The highest BCUT2D eigenvalue weighted by Gasteiger charge is 2.13. The largest absolute Gasteiger partial charge is 0.379 e. The summed E-state index contributed by atoms with van der Waals surface area (Å²) in [7, 11) is 0.